The van der Waals surface area contributed by atoms with E-state index < -0.39 is 0 Å². The average molecular weight is 435 g/mol. The maximum absolute atomic E-state index is 13.9. The molecule has 1 amide bonds. The zero-order valence-electron chi connectivity index (χ0n) is 18.9. The lowest BCUT2D eigenvalue weighted by Crippen LogP contribution is -2.65. The second-order valence-electron chi connectivity index (χ2n) is 9.92. The third-order valence-electron chi connectivity index (χ3n) is 8.05. The highest BCUT2D eigenvalue weighted by molar-refractivity contribution is 5.78. The van der Waals surface area contributed by atoms with Gasteiger partial charge in [0.1, 0.15) is 17.6 Å². The fourth-order valence-electron chi connectivity index (χ4n) is 6.44. The molecule has 1 aromatic heterocycles. The summed E-state index contributed by atoms with van der Waals surface area (Å²) in [7, 11) is 1.95. The molecule has 3 aliphatic rings. The van der Waals surface area contributed by atoms with Gasteiger partial charge in [-0.1, -0.05) is 12.1 Å². The largest absolute Gasteiger partial charge is 0.340 e. The zero-order chi connectivity index (χ0) is 22.4. The van der Waals surface area contributed by atoms with Crippen LogP contribution in [0, 0.1) is 35.9 Å². The molecule has 4 heterocycles. The Kier molecular flexibility index (Phi) is 5.54. The number of benzene rings is 1. The van der Waals surface area contributed by atoms with Gasteiger partial charge in [-0.25, -0.2) is 4.39 Å². The number of hydrogen-bond donors (Lipinski definition) is 0. The third kappa shape index (κ3) is 3.73. The molecule has 32 heavy (non-hydrogen) atoms. The van der Waals surface area contributed by atoms with E-state index in [-0.39, 0.29) is 17.8 Å². The number of nitriles is 1. The monoisotopic (exact) mass is 434 g/mol. The van der Waals surface area contributed by atoms with Crippen LogP contribution >= 0.6 is 0 Å². The summed E-state index contributed by atoms with van der Waals surface area (Å²) in [5.41, 5.74) is 4.02. The molecule has 5 nitrogen and oxygen atoms in total. The van der Waals surface area contributed by atoms with Gasteiger partial charge in [0.05, 0.1) is 0 Å². The summed E-state index contributed by atoms with van der Waals surface area (Å²) in [5, 5.41) is 9.39. The predicted molar refractivity (Wildman–Crippen MR) is 120 cm³/mol. The van der Waals surface area contributed by atoms with Crippen LogP contribution in [0.3, 0.4) is 0 Å². The average Bonchev–Trinajstić information content (AvgIpc) is 3.04. The maximum atomic E-state index is 13.9. The Morgan fingerprint density at radius 2 is 2.03 bits per heavy atom. The van der Waals surface area contributed by atoms with Gasteiger partial charge in [0.15, 0.2) is 0 Å². The third-order valence-corrected chi connectivity index (χ3v) is 8.05. The number of halogens is 1. The summed E-state index contributed by atoms with van der Waals surface area (Å²) >= 11 is 0. The van der Waals surface area contributed by atoms with Crippen LogP contribution in [0.15, 0.2) is 30.3 Å². The van der Waals surface area contributed by atoms with Crippen molar-refractivity contribution < 1.29 is 9.18 Å². The minimum absolute atomic E-state index is 0.125. The number of likely N-dealkylation sites (tertiary alicyclic amines) is 1. The highest BCUT2D eigenvalue weighted by Gasteiger charge is 2.49. The molecule has 4 atom stereocenters. The summed E-state index contributed by atoms with van der Waals surface area (Å²) < 4.78 is 15.8. The van der Waals surface area contributed by atoms with Crippen molar-refractivity contribution in [2.24, 2.45) is 18.9 Å². The van der Waals surface area contributed by atoms with Crippen molar-refractivity contribution in [3.63, 3.8) is 0 Å². The van der Waals surface area contributed by atoms with E-state index in [0.29, 0.717) is 36.4 Å². The van der Waals surface area contributed by atoms with Gasteiger partial charge in [0, 0.05) is 50.9 Å². The Labute approximate surface area is 189 Å². The van der Waals surface area contributed by atoms with E-state index in [0.717, 1.165) is 50.2 Å². The maximum Gasteiger partial charge on any atom is 0.223 e. The van der Waals surface area contributed by atoms with Crippen molar-refractivity contribution in [1.29, 1.82) is 5.26 Å². The summed E-state index contributed by atoms with van der Waals surface area (Å²) in [6.45, 7) is 4.84. The minimum atomic E-state index is -0.212. The first-order chi connectivity index (χ1) is 15.4. The van der Waals surface area contributed by atoms with Crippen LogP contribution in [0.25, 0.3) is 0 Å². The van der Waals surface area contributed by atoms with E-state index in [1.165, 1.54) is 11.6 Å². The Balaban J connectivity index is 1.42. The normalized spacial score (nSPS) is 27.8. The van der Waals surface area contributed by atoms with E-state index in [2.05, 4.69) is 22.8 Å². The minimum Gasteiger partial charge on any atom is -0.340 e. The Hall–Kier alpha value is -2.65. The quantitative estimate of drug-likeness (QED) is 0.736. The molecule has 5 rings (SSSR count). The first-order valence-corrected chi connectivity index (χ1v) is 11.8. The topological polar surface area (TPSA) is 52.3 Å². The van der Waals surface area contributed by atoms with Gasteiger partial charge in [0.25, 0.3) is 0 Å². The molecule has 168 valence electrons. The summed E-state index contributed by atoms with van der Waals surface area (Å²) in [6, 6.07) is 11.6. The van der Waals surface area contributed by atoms with E-state index in [9.17, 15) is 14.4 Å². The van der Waals surface area contributed by atoms with Crippen LogP contribution in [0.4, 0.5) is 4.39 Å². The number of nitrogens with zero attached hydrogens (tertiary/aromatic N) is 4. The molecule has 3 saturated heterocycles. The number of aromatic nitrogens is 1. The summed E-state index contributed by atoms with van der Waals surface area (Å²) in [6.07, 6.45) is 4.53. The van der Waals surface area contributed by atoms with E-state index >= 15 is 0 Å². The summed E-state index contributed by atoms with van der Waals surface area (Å²) in [4.78, 5) is 17.7. The number of fused-ring (bicyclic) bond motifs is 4. The van der Waals surface area contributed by atoms with Gasteiger partial charge in [-0.15, -0.1) is 0 Å². The Morgan fingerprint density at radius 3 is 2.78 bits per heavy atom. The second-order valence-corrected chi connectivity index (χ2v) is 9.92. The van der Waals surface area contributed by atoms with Crippen LogP contribution in [0.2, 0.25) is 0 Å². The molecule has 2 bridgehead atoms. The van der Waals surface area contributed by atoms with Crippen LogP contribution in [0.1, 0.15) is 48.2 Å². The van der Waals surface area contributed by atoms with Crippen LogP contribution in [0.5, 0.6) is 0 Å². The van der Waals surface area contributed by atoms with E-state index in [4.69, 9.17) is 0 Å². The summed E-state index contributed by atoms with van der Waals surface area (Å²) in [5.74, 6) is 0.940. The highest BCUT2D eigenvalue weighted by Crippen LogP contribution is 2.43. The molecule has 0 radical (unpaired) electrons. The smallest absolute Gasteiger partial charge is 0.223 e. The lowest BCUT2D eigenvalue weighted by atomic mass is 9.70. The van der Waals surface area contributed by atoms with Crippen molar-refractivity contribution in [3.8, 4) is 6.07 Å². The van der Waals surface area contributed by atoms with Crippen molar-refractivity contribution in [3.05, 3.63) is 58.7 Å². The molecule has 3 aliphatic heterocycles. The number of carbonyl (C=O) groups is 1. The molecular formula is C26H31FN4O. The standard InChI is InChI=1S/C26H31FN4O/c1-17-19(12-23(13-28)29(17)2)14-30-15-20-11-21(16-30)25(10-18-5-3-6-22(27)9-18)31-24(20)7-4-8-26(31)32/h3,5-6,9,12,20-21,24-25H,4,7-8,10-11,14-16H2,1-2H3/t20-,21+,24+,25+/m1/s1. The van der Waals surface area contributed by atoms with E-state index in [1.54, 1.807) is 12.1 Å². The molecule has 0 spiro atoms. The molecule has 0 N–H and O–H groups in total. The SMILES string of the molecule is Cc1c(CN2C[C@H]3C[C@@H](C2)[C@H](Cc2cccc(F)c2)N2C(=O)CCC[C@@H]32)cc(C#N)n1C. The second kappa shape index (κ2) is 8.37. The lowest BCUT2D eigenvalue weighted by Gasteiger charge is -2.57. The van der Waals surface area contributed by atoms with Crippen molar-refractivity contribution in [2.75, 3.05) is 13.1 Å². The Bertz CT molecular complexity index is 1070. The molecular weight excluding hydrogens is 403 g/mol. The predicted octanol–water partition coefficient (Wildman–Crippen LogP) is 3.79. The fraction of sp³-hybridized carbons (Fsp3) is 0.538. The first-order valence-electron chi connectivity index (χ1n) is 11.8. The van der Waals surface area contributed by atoms with Crippen LogP contribution in [-0.4, -0.2) is 45.4 Å². The highest BCUT2D eigenvalue weighted by atomic mass is 19.1. The first kappa shape index (κ1) is 21.2. The number of carbonyl (C=O) groups excluding carboxylic acids is 1. The lowest BCUT2D eigenvalue weighted by molar-refractivity contribution is -0.152. The van der Waals surface area contributed by atoms with Gasteiger partial charge in [-0.2, -0.15) is 5.26 Å². The molecule has 1 aromatic carbocycles. The number of rotatable bonds is 4. The fourth-order valence-corrected chi connectivity index (χ4v) is 6.44. The Morgan fingerprint density at radius 1 is 1.22 bits per heavy atom. The van der Waals surface area contributed by atoms with E-state index in [1.807, 2.05) is 23.7 Å². The number of piperidine rings is 3. The van der Waals surface area contributed by atoms with Gasteiger partial charge in [-0.05, 0) is 73.8 Å². The molecule has 0 saturated carbocycles. The zero-order valence-corrected chi connectivity index (χ0v) is 18.9. The van der Waals surface area contributed by atoms with Gasteiger partial charge in [-0.3, -0.25) is 9.69 Å². The number of hydrogen-bond acceptors (Lipinski definition) is 3. The van der Waals surface area contributed by atoms with Gasteiger partial charge < -0.3 is 9.47 Å². The number of amides is 1. The van der Waals surface area contributed by atoms with Crippen molar-refractivity contribution in [2.45, 2.75) is 57.7 Å². The molecule has 0 aliphatic carbocycles. The van der Waals surface area contributed by atoms with Crippen LogP contribution in [-0.2, 0) is 24.8 Å². The molecule has 6 heteroatoms. The molecule has 0 unspecified atom stereocenters. The van der Waals surface area contributed by atoms with Crippen molar-refractivity contribution in [1.82, 2.24) is 14.4 Å². The van der Waals surface area contributed by atoms with Gasteiger partial charge in [0.2, 0.25) is 5.91 Å². The van der Waals surface area contributed by atoms with Crippen molar-refractivity contribution >= 4 is 5.91 Å². The molecule has 3 fully saturated rings. The van der Waals surface area contributed by atoms with Crippen LogP contribution < -0.4 is 0 Å². The van der Waals surface area contributed by atoms with Gasteiger partial charge >= 0.3 is 0 Å². The molecule has 2 aromatic rings.